The van der Waals surface area contributed by atoms with Crippen LogP contribution in [0.4, 0.5) is 4.39 Å². The molecule has 3 aromatic carbocycles. The zero-order valence-electron chi connectivity index (χ0n) is 12.3. The molecule has 0 aliphatic rings. The van der Waals surface area contributed by atoms with Gasteiger partial charge < -0.3 is 0 Å². The van der Waals surface area contributed by atoms with Crippen LogP contribution in [0, 0.1) is 5.82 Å². The third kappa shape index (κ3) is 2.57. The van der Waals surface area contributed by atoms with Crippen LogP contribution in [-0.2, 0) is 0 Å². The van der Waals surface area contributed by atoms with Crippen LogP contribution < -0.4 is 0 Å². The fourth-order valence-corrected chi connectivity index (χ4v) is 2.81. The lowest BCUT2D eigenvalue weighted by Crippen LogP contribution is -1.87. The standard InChI is InChI=1S/C20H13FN2/c21-18-5-3-4-14(11-18)19-6-1-2-7-20(19)15-8-9-16-12-22-23-13-17(16)10-15/h1-13H. The van der Waals surface area contributed by atoms with E-state index < -0.39 is 0 Å². The van der Waals surface area contributed by atoms with Crippen molar-refractivity contribution in [3.8, 4) is 22.3 Å². The summed E-state index contributed by atoms with van der Waals surface area (Å²) in [5.41, 5.74) is 4.02. The minimum atomic E-state index is -0.230. The minimum absolute atomic E-state index is 0.230. The fourth-order valence-electron chi connectivity index (χ4n) is 2.81. The molecule has 0 aliphatic heterocycles. The van der Waals surface area contributed by atoms with Crippen LogP contribution in [0.5, 0.6) is 0 Å². The Morgan fingerprint density at radius 2 is 1.30 bits per heavy atom. The molecule has 0 saturated carbocycles. The first kappa shape index (κ1) is 13.6. The van der Waals surface area contributed by atoms with Crippen LogP contribution in [0.1, 0.15) is 0 Å². The van der Waals surface area contributed by atoms with Gasteiger partial charge in [0.2, 0.25) is 0 Å². The van der Waals surface area contributed by atoms with Crippen LogP contribution >= 0.6 is 0 Å². The Kier molecular flexibility index (Phi) is 3.31. The van der Waals surface area contributed by atoms with E-state index in [-0.39, 0.29) is 5.82 Å². The zero-order valence-corrected chi connectivity index (χ0v) is 12.3. The van der Waals surface area contributed by atoms with Crippen LogP contribution in [0.2, 0.25) is 0 Å². The summed E-state index contributed by atoms with van der Waals surface area (Å²) in [4.78, 5) is 0. The lowest BCUT2D eigenvalue weighted by Gasteiger charge is -2.11. The van der Waals surface area contributed by atoms with Gasteiger partial charge in [0.25, 0.3) is 0 Å². The molecule has 110 valence electrons. The van der Waals surface area contributed by atoms with Crippen molar-refractivity contribution in [2.45, 2.75) is 0 Å². The van der Waals surface area contributed by atoms with Crippen molar-refractivity contribution in [2.24, 2.45) is 0 Å². The summed E-state index contributed by atoms with van der Waals surface area (Å²) in [5, 5.41) is 9.92. The molecular formula is C20H13FN2. The molecule has 1 heterocycles. The molecule has 0 atom stereocenters. The number of halogens is 1. The van der Waals surface area contributed by atoms with Crippen LogP contribution in [0.15, 0.2) is 79.1 Å². The number of hydrogen-bond acceptors (Lipinski definition) is 2. The Labute approximate surface area is 133 Å². The second-order valence-electron chi connectivity index (χ2n) is 5.39. The first-order valence-electron chi connectivity index (χ1n) is 7.37. The van der Waals surface area contributed by atoms with Crippen molar-refractivity contribution in [2.75, 3.05) is 0 Å². The zero-order chi connectivity index (χ0) is 15.6. The third-order valence-electron chi connectivity index (χ3n) is 3.92. The molecule has 0 saturated heterocycles. The van der Waals surface area contributed by atoms with E-state index >= 15 is 0 Å². The summed E-state index contributed by atoms with van der Waals surface area (Å²) in [6.07, 6.45) is 3.50. The summed E-state index contributed by atoms with van der Waals surface area (Å²) in [7, 11) is 0. The summed E-state index contributed by atoms with van der Waals surface area (Å²) < 4.78 is 13.6. The molecule has 0 bridgehead atoms. The Balaban J connectivity index is 1.91. The number of aromatic nitrogens is 2. The van der Waals surface area contributed by atoms with Crippen molar-refractivity contribution in [1.82, 2.24) is 10.2 Å². The van der Waals surface area contributed by atoms with Gasteiger partial charge in [0.1, 0.15) is 5.82 Å². The lowest BCUT2D eigenvalue weighted by molar-refractivity contribution is 0.628. The molecule has 0 N–H and O–H groups in total. The molecule has 4 rings (SSSR count). The van der Waals surface area contributed by atoms with E-state index in [1.165, 1.54) is 6.07 Å². The van der Waals surface area contributed by atoms with Crippen LogP contribution in [0.3, 0.4) is 0 Å². The molecule has 0 unspecified atom stereocenters. The summed E-state index contributed by atoms with van der Waals surface area (Å²) in [5.74, 6) is -0.230. The Morgan fingerprint density at radius 3 is 2.04 bits per heavy atom. The first-order valence-corrected chi connectivity index (χ1v) is 7.37. The van der Waals surface area contributed by atoms with Gasteiger partial charge in [0.05, 0.1) is 12.4 Å². The highest BCUT2D eigenvalue weighted by molar-refractivity contribution is 5.90. The van der Waals surface area contributed by atoms with Gasteiger partial charge in [-0.05, 0) is 40.5 Å². The Hall–Kier alpha value is -3.07. The van der Waals surface area contributed by atoms with E-state index in [1.807, 2.05) is 30.3 Å². The van der Waals surface area contributed by atoms with Crippen LogP contribution in [0.25, 0.3) is 33.0 Å². The number of fused-ring (bicyclic) bond motifs is 1. The predicted molar refractivity (Wildman–Crippen MR) is 90.4 cm³/mol. The highest BCUT2D eigenvalue weighted by atomic mass is 19.1. The normalized spacial score (nSPS) is 10.8. The van der Waals surface area contributed by atoms with E-state index in [4.69, 9.17) is 0 Å². The topological polar surface area (TPSA) is 25.8 Å². The number of hydrogen-bond donors (Lipinski definition) is 0. The molecule has 23 heavy (non-hydrogen) atoms. The highest BCUT2D eigenvalue weighted by Gasteiger charge is 2.08. The molecule has 0 radical (unpaired) electrons. The van der Waals surface area contributed by atoms with Crippen molar-refractivity contribution in [1.29, 1.82) is 0 Å². The maximum Gasteiger partial charge on any atom is 0.123 e. The maximum atomic E-state index is 13.6. The highest BCUT2D eigenvalue weighted by Crippen LogP contribution is 2.33. The lowest BCUT2D eigenvalue weighted by atomic mass is 9.94. The summed E-state index contributed by atoms with van der Waals surface area (Å²) >= 11 is 0. The number of rotatable bonds is 2. The smallest absolute Gasteiger partial charge is 0.123 e. The molecule has 0 amide bonds. The van der Waals surface area contributed by atoms with Gasteiger partial charge in [-0.25, -0.2) is 4.39 Å². The number of nitrogens with zero attached hydrogens (tertiary/aromatic N) is 2. The van der Waals surface area contributed by atoms with Crippen molar-refractivity contribution in [3.63, 3.8) is 0 Å². The minimum Gasteiger partial charge on any atom is -0.207 e. The molecule has 2 nitrogen and oxygen atoms in total. The van der Waals surface area contributed by atoms with E-state index in [9.17, 15) is 4.39 Å². The van der Waals surface area contributed by atoms with Crippen LogP contribution in [-0.4, -0.2) is 10.2 Å². The molecule has 0 spiro atoms. The molecule has 4 aromatic rings. The maximum absolute atomic E-state index is 13.6. The SMILES string of the molecule is Fc1cccc(-c2ccccc2-c2ccc3cnncc3c2)c1. The largest absolute Gasteiger partial charge is 0.207 e. The molecular weight excluding hydrogens is 287 g/mol. The van der Waals surface area contributed by atoms with Crippen molar-refractivity contribution < 1.29 is 4.39 Å². The average molecular weight is 300 g/mol. The van der Waals surface area contributed by atoms with Gasteiger partial charge in [-0.2, -0.15) is 10.2 Å². The van der Waals surface area contributed by atoms with Gasteiger partial charge >= 0.3 is 0 Å². The van der Waals surface area contributed by atoms with E-state index in [0.29, 0.717) is 0 Å². The quantitative estimate of drug-likeness (QED) is 0.514. The van der Waals surface area contributed by atoms with E-state index in [1.54, 1.807) is 24.5 Å². The molecule has 3 heteroatoms. The Bertz CT molecular complexity index is 995. The monoisotopic (exact) mass is 300 g/mol. The molecule has 1 aromatic heterocycles. The third-order valence-corrected chi connectivity index (χ3v) is 3.92. The van der Waals surface area contributed by atoms with Crippen molar-refractivity contribution >= 4 is 10.8 Å². The van der Waals surface area contributed by atoms with E-state index in [2.05, 4.69) is 28.4 Å². The van der Waals surface area contributed by atoms with Gasteiger partial charge in [0.15, 0.2) is 0 Å². The second-order valence-corrected chi connectivity index (χ2v) is 5.39. The van der Waals surface area contributed by atoms with Gasteiger partial charge in [-0.15, -0.1) is 0 Å². The van der Waals surface area contributed by atoms with Crippen molar-refractivity contribution in [3.05, 3.63) is 84.9 Å². The Morgan fingerprint density at radius 1 is 0.609 bits per heavy atom. The molecule has 0 aliphatic carbocycles. The second kappa shape index (κ2) is 5.61. The average Bonchev–Trinajstić information content (AvgIpc) is 2.61. The number of benzene rings is 3. The predicted octanol–water partition coefficient (Wildman–Crippen LogP) is 5.10. The van der Waals surface area contributed by atoms with Gasteiger partial charge in [-0.1, -0.05) is 48.5 Å². The van der Waals surface area contributed by atoms with Gasteiger partial charge in [0, 0.05) is 10.8 Å². The van der Waals surface area contributed by atoms with E-state index in [0.717, 1.165) is 33.0 Å². The summed E-state index contributed by atoms with van der Waals surface area (Å²) in [6, 6.07) is 20.9. The summed E-state index contributed by atoms with van der Waals surface area (Å²) in [6.45, 7) is 0. The van der Waals surface area contributed by atoms with Gasteiger partial charge in [-0.3, -0.25) is 0 Å². The molecule has 0 fully saturated rings. The fraction of sp³-hybridized carbons (Fsp3) is 0. The first-order chi connectivity index (χ1) is 11.3.